The fraction of sp³-hybridized carbons (Fsp3) is 0.722. The number of alkyl halides is 1. The second-order valence-corrected chi connectivity index (χ2v) is 8.30. The number of hydrogen-bond donors (Lipinski definition) is 1. The number of piperidine rings is 1. The lowest BCUT2D eigenvalue weighted by molar-refractivity contribution is -0.154. The average Bonchev–Trinajstić information content (AvgIpc) is 3.06. The highest BCUT2D eigenvalue weighted by molar-refractivity contribution is 5.87. The van der Waals surface area contributed by atoms with E-state index in [1.165, 1.54) is 24.2 Å². The van der Waals surface area contributed by atoms with Crippen LogP contribution in [-0.4, -0.2) is 56.3 Å². The number of carbonyl (C=O) groups is 2. The first-order chi connectivity index (χ1) is 12.2. The minimum absolute atomic E-state index is 0.229. The number of nitrogens with two attached hydrogens (primary N) is 1. The second kappa shape index (κ2) is 5.77. The number of fused-ring (bicyclic) bond motifs is 1. The SMILES string of the molecule is CC1(C)c2c(cnn2C(N)=O)CN1C(=O)C1(F)CCN(C2CCC2)CC1. The minimum Gasteiger partial charge on any atom is -0.350 e. The van der Waals surface area contributed by atoms with Crippen molar-refractivity contribution in [2.75, 3.05) is 13.1 Å². The van der Waals surface area contributed by atoms with Gasteiger partial charge in [-0.2, -0.15) is 9.78 Å². The van der Waals surface area contributed by atoms with Crippen LogP contribution in [-0.2, 0) is 16.9 Å². The molecule has 0 unspecified atom stereocenters. The summed E-state index contributed by atoms with van der Waals surface area (Å²) in [6.45, 7) is 5.13. The van der Waals surface area contributed by atoms with Gasteiger partial charge in [0.2, 0.25) is 0 Å². The summed E-state index contributed by atoms with van der Waals surface area (Å²) in [5.74, 6) is -0.483. The summed E-state index contributed by atoms with van der Waals surface area (Å²) in [6.07, 6.45) is 5.62. The van der Waals surface area contributed by atoms with Crippen LogP contribution in [0.3, 0.4) is 0 Å². The Morgan fingerprint density at radius 3 is 2.46 bits per heavy atom. The molecule has 26 heavy (non-hydrogen) atoms. The van der Waals surface area contributed by atoms with Crippen LogP contribution in [0.25, 0.3) is 0 Å². The van der Waals surface area contributed by atoms with E-state index in [-0.39, 0.29) is 19.4 Å². The molecular weight excluding hydrogens is 337 g/mol. The van der Waals surface area contributed by atoms with Gasteiger partial charge in [-0.25, -0.2) is 9.18 Å². The van der Waals surface area contributed by atoms with Gasteiger partial charge in [0.05, 0.1) is 24.0 Å². The summed E-state index contributed by atoms with van der Waals surface area (Å²) < 4.78 is 16.7. The van der Waals surface area contributed by atoms with E-state index in [0.29, 0.717) is 24.8 Å². The Balaban J connectivity index is 1.52. The maximum Gasteiger partial charge on any atom is 0.339 e. The third kappa shape index (κ3) is 2.46. The molecule has 0 spiro atoms. The van der Waals surface area contributed by atoms with E-state index < -0.39 is 23.1 Å². The number of amides is 2. The van der Waals surface area contributed by atoms with E-state index in [2.05, 4.69) is 10.00 Å². The first kappa shape index (κ1) is 17.5. The largest absolute Gasteiger partial charge is 0.350 e. The van der Waals surface area contributed by atoms with Gasteiger partial charge in [0, 0.05) is 37.5 Å². The van der Waals surface area contributed by atoms with Crippen LogP contribution >= 0.6 is 0 Å². The zero-order valence-electron chi connectivity index (χ0n) is 15.4. The van der Waals surface area contributed by atoms with Gasteiger partial charge < -0.3 is 15.5 Å². The lowest BCUT2D eigenvalue weighted by atomic mass is 9.85. The molecule has 4 rings (SSSR count). The fourth-order valence-corrected chi connectivity index (χ4v) is 4.59. The molecule has 0 radical (unpaired) electrons. The van der Waals surface area contributed by atoms with Gasteiger partial charge in [0.1, 0.15) is 0 Å². The van der Waals surface area contributed by atoms with E-state index in [1.807, 2.05) is 13.8 Å². The highest BCUT2D eigenvalue weighted by Crippen LogP contribution is 2.42. The first-order valence-electron chi connectivity index (χ1n) is 9.36. The molecule has 1 aliphatic carbocycles. The van der Waals surface area contributed by atoms with E-state index in [9.17, 15) is 9.59 Å². The number of likely N-dealkylation sites (tertiary alicyclic amines) is 1. The smallest absolute Gasteiger partial charge is 0.339 e. The maximum atomic E-state index is 15.6. The molecule has 3 aliphatic rings. The monoisotopic (exact) mass is 363 g/mol. The highest BCUT2D eigenvalue weighted by Gasteiger charge is 2.52. The molecule has 2 aliphatic heterocycles. The van der Waals surface area contributed by atoms with E-state index in [1.54, 1.807) is 6.20 Å². The number of halogens is 1. The van der Waals surface area contributed by atoms with Gasteiger partial charge in [-0.05, 0) is 26.7 Å². The van der Waals surface area contributed by atoms with Gasteiger partial charge in [-0.1, -0.05) is 6.42 Å². The molecular formula is C18H26FN5O2. The molecule has 142 valence electrons. The van der Waals surface area contributed by atoms with Crippen LogP contribution in [0.15, 0.2) is 6.20 Å². The molecule has 1 aromatic rings. The minimum atomic E-state index is -1.84. The Kier molecular flexibility index (Phi) is 3.87. The van der Waals surface area contributed by atoms with E-state index in [4.69, 9.17) is 5.73 Å². The predicted octanol–water partition coefficient (Wildman–Crippen LogP) is 1.74. The molecule has 2 N–H and O–H groups in total. The quantitative estimate of drug-likeness (QED) is 0.867. The first-order valence-corrected chi connectivity index (χ1v) is 9.36. The summed E-state index contributed by atoms with van der Waals surface area (Å²) in [5, 5.41) is 4.01. The van der Waals surface area contributed by atoms with E-state index in [0.717, 1.165) is 10.2 Å². The maximum absolute atomic E-state index is 15.6. The van der Waals surface area contributed by atoms with Crippen LogP contribution in [0.2, 0.25) is 0 Å². The number of rotatable bonds is 2. The molecule has 0 atom stereocenters. The lowest BCUT2D eigenvalue weighted by Gasteiger charge is -2.45. The molecule has 1 saturated carbocycles. The zero-order valence-corrected chi connectivity index (χ0v) is 15.4. The van der Waals surface area contributed by atoms with Gasteiger partial charge in [0.25, 0.3) is 5.91 Å². The molecule has 0 bridgehead atoms. The standard InChI is InChI=1S/C18H26FN5O2/c1-17(2)14-12(10-21-24(14)16(20)26)11-23(17)15(25)18(19)6-8-22(9-7-18)13-4-3-5-13/h10,13H,3-9,11H2,1-2H3,(H2,20,26). The number of nitrogens with zero attached hydrogens (tertiary/aromatic N) is 4. The van der Waals surface area contributed by atoms with Gasteiger partial charge in [0.15, 0.2) is 5.67 Å². The molecule has 0 aromatic carbocycles. The third-order valence-electron chi connectivity index (χ3n) is 6.45. The van der Waals surface area contributed by atoms with Crippen molar-refractivity contribution in [3.8, 4) is 0 Å². The molecule has 8 heteroatoms. The van der Waals surface area contributed by atoms with Crippen molar-refractivity contribution in [2.24, 2.45) is 5.73 Å². The number of hydrogen-bond acceptors (Lipinski definition) is 4. The molecule has 2 amide bonds. The van der Waals surface area contributed by atoms with Gasteiger partial charge >= 0.3 is 6.03 Å². The summed E-state index contributed by atoms with van der Waals surface area (Å²) in [6, 6.07) is -0.124. The van der Waals surface area contributed by atoms with Crippen LogP contribution in [0.5, 0.6) is 0 Å². The molecule has 3 heterocycles. The second-order valence-electron chi connectivity index (χ2n) is 8.30. The highest BCUT2D eigenvalue weighted by atomic mass is 19.1. The predicted molar refractivity (Wildman–Crippen MR) is 93.1 cm³/mol. The molecule has 2 fully saturated rings. The summed E-state index contributed by atoms with van der Waals surface area (Å²) in [7, 11) is 0. The van der Waals surface area contributed by atoms with Crippen molar-refractivity contribution in [3.63, 3.8) is 0 Å². The molecule has 1 aromatic heterocycles. The van der Waals surface area contributed by atoms with Crippen LogP contribution in [0, 0.1) is 0 Å². The topological polar surface area (TPSA) is 84.5 Å². The number of carbonyl (C=O) groups excluding carboxylic acids is 2. The Bertz CT molecular complexity index is 747. The Morgan fingerprint density at radius 2 is 1.92 bits per heavy atom. The van der Waals surface area contributed by atoms with Crippen molar-refractivity contribution < 1.29 is 14.0 Å². The number of primary amides is 1. The number of aromatic nitrogens is 2. The zero-order chi connectivity index (χ0) is 18.7. The fourth-order valence-electron chi connectivity index (χ4n) is 4.59. The van der Waals surface area contributed by atoms with Crippen LogP contribution in [0.1, 0.15) is 57.2 Å². The average molecular weight is 363 g/mol. The Hall–Kier alpha value is -1.96. The van der Waals surface area contributed by atoms with Crippen molar-refractivity contribution in [1.82, 2.24) is 19.6 Å². The van der Waals surface area contributed by atoms with Crippen molar-refractivity contribution in [2.45, 2.75) is 69.7 Å². The van der Waals surface area contributed by atoms with Gasteiger partial charge in [-0.15, -0.1) is 0 Å². The van der Waals surface area contributed by atoms with Crippen molar-refractivity contribution >= 4 is 11.9 Å². The van der Waals surface area contributed by atoms with Crippen molar-refractivity contribution in [1.29, 1.82) is 0 Å². The third-order valence-corrected chi connectivity index (χ3v) is 6.45. The molecule has 1 saturated heterocycles. The summed E-state index contributed by atoms with van der Waals surface area (Å²) >= 11 is 0. The Labute approximate surface area is 152 Å². The lowest BCUT2D eigenvalue weighted by Crippen LogP contribution is -2.57. The summed E-state index contributed by atoms with van der Waals surface area (Å²) in [5.41, 5.74) is 4.04. The Morgan fingerprint density at radius 1 is 1.27 bits per heavy atom. The van der Waals surface area contributed by atoms with Gasteiger partial charge in [-0.3, -0.25) is 4.79 Å². The normalized spacial score (nSPS) is 25.0. The van der Waals surface area contributed by atoms with Crippen LogP contribution < -0.4 is 5.73 Å². The van der Waals surface area contributed by atoms with E-state index >= 15 is 4.39 Å². The van der Waals surface area contributed by atoms with Crippen molar-refractivity contribution in [3.05, 3.63) is 17.5 Å². The summed E-state index contributed by atoms with van der Waals surface area (Å²) in [4.78, 5) is 28.6. The molecule has 7 nitrogen and oxygen atoms in total. The van der Waals surface area contributed by atoms with Crippen LogP contribution in [0.4, 0.5) is 9.18 Å².